The van der Waals surface area contributed by atoms with Gasteiger partial charge in [-0.05, 0) is 32.0 Å². The Balaban J connectivity index is 1.62. The highest BCUT2D eigenvalue weighted by atomic mass is 16.2. The topological polar surface area (TPSA) is 52.6 Å². The number of aromatic nitrogens is 2. The molecule has 0 unspecified atom stereocenters. The molecule has 2 aliphatic heterocycles. The number of piperidine rings is 1. The second-order valence-electron chi connectivity index (χ2n) is 6.00. The van der Waals surface area contributed by atoms with Crippen molar-refractivity contribution in [2.24, 2.45) is 5.92 Å². The first-order valence-electron chi connectivity index (χ1n) is 7.74. The van der Waals surface area contributed by atoms with E-state index in [1.165, 1.54) is 0 Å². The summed E-state index contributed by atoms with van der Waals surface area (Å²) in [6.07, 6.45) is 3.71. The van der Waals surface area contributed by atoms with Crippen LogP contribution in [-0.2, 0) is 4.79 Å². The summed E-state index contributed by atoms with van der Waals surface area (Å²) < 4.78 is 0. The molecule has 1 aromatic heterocycles. The van der Waals surface area contributed by atoms with E-state index in [4.69, 9.17) is 0 Å². The van der Waals surface area contributed by atoms with Gasteiger partial charge in [-0.25, -0.2) is 0 Å². The molecule has 2 fully saturated rings. The van der Waals surface area contributed by atoms with E-state index in [0.29, 0.717) is 5.91 Å². The molecule has 0 saturated carbocycles. The van der Waals surface area contributed by atoms with E-state index in [0.717, 1.165) is 57.9 Å². The quantitative estimate of drug-likeness (QED) is 0.792. The number of piperazine rings is 1. The summed E-state index contributed by atoms with van der Waals surface area (Å²) in [5.41, 5.74) is 0. The summed E-state index contributed by atoms with van der Waals surface area (Å²) in [4.78, 5) is 19.2. The van der Waals surface area contributed by atoms with Crippen LogP contribution in [0.1, 0.15) is 12.8 Å². The van der Waals surface area contributed by atoms with E-state index < -0.39 is 0 Å². The largest absolute Gasteiger partial charge is 0.354 e. The van der Waals surface area contributed by atoms with Crippen LogP contribution < -0.4 is 4.90 Å². The number of carbonyl (C=O) groups excluding carboxylic acids is 1. The number of amides is 1. The molecule has 2 saturated heterocycles. The highest BCUT2D eigenvalue weighted by Gasteiger charge is 2.31. The Morgan fingerprint density at radius 3 is 2.76 bits per heavy atom. The molecule has 1 aromatic rings. The summed E-state index contributed by atoms with van der Waals surface area (Å²) in [5.74, 6) is 1.30. The monoisotopic (exact) mass is 289 g/mol. The molecule has 2 aliphatic rings. The van der Waals surface area contributed by atoms with Gasteiger partial charge in [-0.3, -0.25) is 4.79 Å². The van der Waals surface area contributed by atoms with Crippen LogP contribution in [0.3, 0.4) is 0 Å². The summed E-state index contributed by atoms with van der Waals surface area (Å²) >= 11 is 0. The summed E-state index contributed by atoms with van der Waals surface area (Å²) in [6.45, 7) is 5.40. The molecular formula is C15H23N5O. The number of rotatable bonds is 2. The zero-order chi connectivity index (χ0) is 14.7. The lowest BCUT2D eigenvalue weighted by Crippen LogP contribution is -2.51. The van der Waals surface area contributed by atoms with Crippen molar-refractivity contribution in [1.82, 2.24) is 20.0 Å². The molecule has 0 spiro atoms. The zero-order valence-electron chi connectivity index (χ0n) is 12.6. The van der Waals surface area contributed by atoms with Gasteiger partial charge in [0.25, 0.3) is 0 Å². The summed E-state index contributed by atoms with van der Waals surface area (Å²) in [6, 6.07) is 3.87. The number of hydrogen-bond acceptors (Lipinski definition) is 5. The van der Waals surface area contributed by atoms with E-state index in [9.17, 15) is 4.79 Å². The van der Waals surface area contributed by atoms with Crippen molar-refractivity contribution in [1.29, 1.82) is 0 Å². The lowest BCUT2D eigenvalue weighted by molar-refractivity contribution is -0.137. The Hall–Kier alpha value is -1.69. The highest BCUT2D eigenvalue weighted by Crippen LogP contribution is 2.23. The smallest absolute Gasteiger partial charge is 0.227 e. The molecule has 1 amide bonds. The number of anilines is 1. The Morgan fingerprint density at radius 1 is 1.24 bits per heavy atom. The average Bonchev–Trinajstić information content (AvgIpc) is 2.56. The predicted molar refractivity (Wildman–Crippen MR) is 81.0 cm³/mol. The van der Waals surface area contributed by atoms with Gasteiger partial charge in [-0.2, -0.15) is 5.10 Å². The number of likely N-dealkylation sites (N-methyl/N-ethyl adjacent to an activating group) is 1. The van der Waals surface area contributed by atoms with Crippen LogP contribution in [0.5, 0.6) is 0 Å². The predicted octanol–water partition coefficient (Wildman–Crippen LogP) is 0.467. The van der Waals surface area contributed by atoms with Gasteiger partial charge < -0.3 is 14.7 Å². The van der Waals surface area contributed by atoms with Crippen LogP contribution >= 0.6 is 0 Å². The third-order valence-electron chi connectivity index (χ3n) is 4.47. The minimum Gasteiger partial charge on any atom is -0.354 e. The molecule has 0 radical (unpaired) electrons. The molecule has 21 heavy (non-hydrogen) atoms. The summed E-state index contributed by atoms with van der Waals surface area (Å²) in [5, 5.41) is 8.10. The van der Waals surface area contributed by atoms with Gasteiger partial charge in [0.15, 0.2) is 5.82 Å². The molecule has 1 atom stereocenters. The van der Waals surface area contributed by atoms with Gasteiger partial charge in [0, 0.05) is 45.5 Å². The third-order valence-corrected chi connectivity index (χ3v) is 4.47. The lowest BCUT2D eigenvalue weighted by atomic mass is 9.96. The maximum absolute atomic E-state index is 12.7. The first kappa shape index (κ1) is 14.3. The van der Waals surface area contributed by atoms with Gasteiger partial charge in [-0.1, -0.05) is 0 Å². The van der Waals surface area contributed by atoms with E-state index in [1.54, 1.807) is 6.20 Å². The second kappa shape index (κ2) is 6.39. The Labute approximate surface area is 125 Å². The Kier molecular flexibility index (Phi) is 4.34. The highest BCUT2D eigenvalue weighted by molar-refractivity contribution is 5.79. The normalized spacial score (nSPS) is 24.1. The van der Waals surface area contributed by atoms with Crippen LogP contribution in [0.25, 0.3) is 0 Å². The number of nitrogens with zero attached hydrogens (tertiary/aromatic N) is 5. The number of carbonyl (C=O) groups is 1. The molecule has 0 N–H and O–H groups in total. The Bertz CT molecular complexity index is 472. The van der Waals surface area contributed by atoms with Crippen molar-refractivity contribution in [3.05, 3.63) is 18.3 Å². The van der Waals surface area contributed by atoms with E-state index in [-0.39, 0.29) is 5.92 Å². The van der Waals surface area contributed by atoms with Crippen LogP contribution in [0, 0.1) is 5.92 Å². The van der Waals surface area contributed by atoms with Crippen LogP contribution in [-0.4, -0.2) is 72.2 Å². The van der Waals surface area contributed by atoms with Gasteiger partial charge in [-0.15, -0.1) is 5.10 Å². The van der Waals surface area contributed by atoms with Gasteiger partial charge in [0.2, 0.25) is 5.91 Å². The van der Waals surface area contributed by atoms with Gasteiger partial charge in [0.1, 0.15) is 0 Å². The SMILES string of the molecule is CN1CCN(C(=O)[C@H]2CCCN(c3cccnn3)C2)CC1. The Morgan fingerprint density at radius 2 is 2.05 bits per heavy atom. The summed E-state index contributed by atoms with van der Waals surface area (Å²) in [7, 11) is 2.11. The van der Waals surface area contributed by atoms with Gasteiger partial charge >= 0.3 is 0 Å². The molecule has 6 heteroatoms. The first-order valence-corrected chi connectivity index (χ1v) is 7.74. The lowest BCUT2D eigenvalue weighted by Gasteiger charge is -2.38. The second-order valence-corrected chi connectivity index (χ2v) is 6.00. The van der Waals surface area contributed by atoms with Crippen molar-refractivity contribution >= 4 is 11.7 Å². The molecule has 0 aliphatic carbocycles. The molecule has 0 aromatic carbocycles. The van der Waals surface area contributed by atoms with Gasteiger partial charge in [0.05, 0.1) is 5.92 Å². The molecule has 3 heterocycles. The fourth-order valence-corrected chi connectivity index (χ4v) is 3.13. The number of hydrogen-bond donors (Lipinski definition) is 0. The van der Waals surface area contributed by atoms with Crippen molar-refractivity contribution in [2.75, 3.05) is 51.2 Å². The van der Waals surface area contributed by atoms with Crippen molar-refractivity contribution in [3.63, 3.8) is 0 Å². The molecule has 3 rings (SSSR count). The van der Waals surface area contributed by atoms with Crippen LogP contribution in [0.4, 0.5) is 5.82 Å². The maximum Gasteiger partial charge on any atom is 0.227 e. The van der Waals surface area contributed by atoms with Crippen LogP contribution in [0.2, 0.25) is 0 Å². The molecular weight excluding hydrogens is 266 g/mol. The third kappa shape index (κ3) is 3.32. The minimum atomic E-state index is 0.101. The molecule has 114 valence electrons. The standard InChI is InChI=1S/C15H23N5O/c1-18-8-10-19(11-9-18)15(21)13-4-3-7-20(12-13)14-5-2-6-16-17-14/h2,5-6,13H,3-4,7-12H2,1H3/t13-/m0/s1. The van der Waals surface area contributed by atoms with E-state index >= 15 is 0 Å². The average molecular weight is 289 g/mol. The zero-order valence-corrected chi connectivity index (χ0v) is 12.6. The van der Waals surface area contributed by atoms with Crippen molar-refractivity contribution in [2.45, 2.75) is 12.8 Å². The minimum absolute atomic E-state index is 0.101. The fraction of sp³-hybridized carbons (Fsp3) is 0.667. The van der Waals surface area contributed by atoms with Crippen molar-refractivity contribution < 1.29 is 4.79 Å². The fourth-order valence-electron chi connectivity index (χ4n) is 3.13. The molecule has 0 bridgehead atoms. The maximum atomic E-state index is 12.7. The van der Waals surface area contributed by atoms with Crippen molar-refractivity contribution in [3.8, 4) is 0 Å². The van der Waals surface area contributed by atoms with E-state index in [1.807, 2.05) is 17.0 Å². The molecule has 6 nitrogen and oxygen atoms in total. The van der Waals surface area contributed by atoms with Crippen LogP contribution in [0.15, 0.2) is 18.3 Å². The van der Waals surface area contributed by atoms with E-state index in [2.05, 4.69) is 27.0 Å². The first-order chi connectivity index (χ1) is 10.2.